The molecule has 0 bridgehead atoms. The van der Waals surface area contributed by atoms with E-state index in [1.165, 1.54) is 0 Å². The molecule has 0 saturated carbocycles. The predicted octanol–water partition coefficient (Wildman–Crippen LogP) is 1.92. The van der Waals surface area contributed by atoms with Gasteiger partial charge in [0.05, 0.1) is 9.62 Å². The van der Waals surface area contributed by atoms with E-state index in [-0.39, 0.29) is 0 Å². The fraction of sp³-hybridized carbons (Fsp3) is 0.500. The fourth-order valence-corrected chi connectivity index (χ4v) is 0.977. The normalized spacial score (nSPS) is 13.7. The van der Waals surface area contributed by atoms with Crippen molar-refractivity contribution in [2.24, 2.45) is 7.05 Å². The Kier molecular flexibility index (Phi) is 2.10. The Morgan fingerprint density at radius 2 is 2.44 bits per heavy atom. The average molecular weight is 236 g/mol. The summed E-state index contributed by atoms with van der Waals surface area (Å²) in [5.74, 6) is 0. The smallest absolute Gasteiger partial charge is 0.0749 e. The van der Waals surface area contributed by atoms with Gasteiger partial charge in [0.15, 0.2) is 0 Å². The lowest BCUT2D eigenvalue weighted by atomic mass is 10.3. The number of aryl methyl sites for hydroxylation is 1. The van der Waals surface area contributed by atoms with Crippen LogP contribution in [0.25, 0.3) is 0 Å². The number of hydrogen-bond donors (Lipinski definition) is 0. The molecule has 0 aliphatic rings. The topological polar surface area (TPSA) is 17.8 Å². The van der Waals surface area contributed by atoms with Crippen LogP contribution in [0.2, 0.25) is 0 Å². The van der Waals surface area contributed by atoms with Gasteiger partial charge in [0.25, 0.3) is 0 Å². The number of aromatic nitrogens is 2. The van der Waals surface area contributed by atoms with Crippen LogP contribution in [-0.2, 0) is 7.05 Å². The Labute approximate surface area is 68.4 Å². The van der Waals surface area contributed by atoms with Crippen LogP contribution in [0.4, 0.5) is 0 Å². The number of nitrogens with zero attached hydrogens (tertiary/aromatic N) is 2. The monoisotopic (exact) mass is 236 g/mol. The quantitative estimate of drug-likeness (QED) is 0.538. The van der Waals surface area contributed by atoms with Gasteiger partial charge in [-0.05, 0) is 13.0 Å². The zero-order valence-electron chi connectivity index (χ0n) is 5.50. The van der Waals surface area contributed by atoms with E-state index in [9.17, 15) is 0 Å². The summed E-state index contributed by atoms with van der Waals surface area (Å²) in [5, 5.41) is 4.22. The number of alkyl halides is 1. The van der Waals surface area contributed by atoms with Gasteiger partial charge in [0.2, 0.25) is 0 Å². The first-order chi connectivity index (χ1) is 4.20. The summed E-state index contributed by atoms with van der Waals surface area (Å²) in [6, 6.07) is 2.04. The molecular formula is C6H9IN2. The van der Waals surface area contributed by atoms with Crippen molar-refractivity contribution in [2.75, 3.05) is 0 Å². The molecule has 0 aliphatic heterocycles. The zero-order chi connectivity index (χ0) is 6.85. The van der Waals surface area contributed by atoms with E-state index >= 15 is 0 Å². The van der Waals surface area contributed by atoms with Crippen molar-refractivity contribution < 1.29 is 0 Å². The van der Waals surface area contributed by atoms with Crippen LogP contribution in [0.5, 0.6) is 0 Å². The van der Waals surface area contributed by atoms with E-state index in [0.717, 1.165) is 5.69 Å². The van der Waals surface area contributed by atoms with Crippen molar-refractivity contribution in [1.29, 1.82) is 0 Å². The molecule has 0 aromatic carbocycles. The van der Waals surface area contributed by atoms with E-state index in [0.29, 0.717) is 3.92 Å². The molecule has 1 aromatic rings. The highest BCUT2D eigenvalue weighted by atomic mass is 127. The molecule has 3 heteroatoms. The van der Waals surface area contributed by atoms with Crippen molar-refractivity contribution in [3.05, 3.63) is 18.0 Å². The first-order valence-corrected chi connectivity index (χ1v) is 4.08. The van der Waals surface area contributed by atoms with Gasteiger partial charge in [0, 0.05) is 13.2 Å². The standard InChI is InChI=1S/C6H9IN2/c1-5(7)6-3-4-9(2)8-6/h3-5H,1-2H3. The minimum absolute atomic E-state index is 0.517. The van der Waals surface area contributed by atoms with Crippen LogP contribution in [-0.4, -0.2) is 9.78 Å². The molecule has 1 atom stereocenters. The number of halogens is 1. The average Bonchev–Trinajstić information content (AvgIpc) is 2.14. The molecule has 0 fully saturated rings. The third-order valence-electron chi connectivity index (χ3n) is 1.14. The van der Waals surface area contributed by atoms with Gasteiger partial charge in [-0.15, -0.1) is 0 Å². The van der Waals surface area contributed by atoms with Gasteiger partial charge in [-0.25, -0.2) is 0 Å². The van der Waals surface area contributed by atoms with E-state index in [1.54, 1.807) is 0 Å². The summed E-state index contributed by atoms with van der Waals surface area (Å²) < 4.78 is 2.34. The fourth-order valence-electron chi connectivity index (χ4n) is 0.645. The first kappa shape index (κ1) is 7.05. The molecule has 0 spiro atoms. The van der Waals surface area contributed by atoms with Gasteiger partial charge in [-0.3, -0.25) is 4.68 Å². The molecule has 0 saturated heterocycles. The van der Waals surface area contributed by atoms with E-state index in [4.69, 9.17) is 0 Å². The van der Waals surface area contributed by atoms with Crippen molar-refractivity contribution in [3.63, 3.8) is 0 Å². The molecule has 1 unspecified atom stereocenters. The van der Waals surface area contributed by atoms with Gasteiger partial charge in [-0.1, -0.05) is 22.6 Å². The van der Waals surface area contributed by atoms with Crippen molar-refractivity contribution in [3.8, 4) is 0 Å². The largest absolute Gasteiger partial charge is 0.276 e. The van der Waals surface area contributed by atoms with E-state index < -0.39 is 0 Å². The maximum absolute atomic E-state index is 4.22. The Morgan fingerprint density at radius 3 is 2.67 bits per heavy atom. The van der Waals surface area contributed by atoms with Crippen molar-refractivity contribution >= 4 is 22.6 Å². The Balaban J connectivity index is 2.85. The van der Waals surface area contributed by atoms with Crippen molar-refractivity contribution in [1.82, 2.24) is 9.78 Å². The van der Waals surface area contributed by atoms with Crippen LogP contribution < -0.4 is 0 Å². The van der Waals surface area contributed by atoms with E-state index in [2.05, 4.69) is 34.6 Å². The highest BCUT2D eigenvalue weighted by Crippen LogP contribution is 2.18. The van der Waals surface area contributed by atoms with Crippen LogP contribution >= 0.6 is 22.6 Å². The maximum Gasteiger partial charge on any atom is 0.0749 e. The Morgan fingerprint density at radius 1 is 1.78 bits per heavy atom. The lowest BCUT2D eigenvalue weighted by Gasteiger charge is -1.93. The Hall–Kier alpha value is -0.0600. The van der Waals surface area contributed by atoms with E-state index in [1.807, 2.05) is 24.0 Å². The minimum atomic E-state index is 0.517. The Bertz CT molecular complexity index is 193. The van der Waals surface area contributed by atoms with Crippen molar-refractivity contribution in [2.45, 2.75) is 10.8 Å². The van der Waals surface area contributed by atoms with Crippen LogP contribution in [0.3, 0.4) is 0 Å². The lowest BCUT2D eigenvalue weighted by molar-refractivity contribution is 0.746. The molecule has 0 amide bonds. The third-order valence-corrected chi connectivity index (χ3v) is 1.78. The zero-order valence-corrected chi connectivity index (χ0v) is 7.66. The molecule has 2 nitrogen and oxygen atoms in total. The molecule has 0 radical (unpaired) electrons. The molecule has 0 N–H and O–H groups in total. The molecule has 50 valence electrons. The summed E-state index contributed by atoms with van der Waals surface area (Å²) in [6.07, 6.45) is 1.96. The summed E-state index contributed by atoms with van der Waals surface area (Å²) >= 11 is 2.35. The second-order valence-corrected chi connectivity index (χ2v) is 3.90. The molecule has 1 heterocycles. The molecule has 0 aliphatic carbocycles. The van der Waals surface area contributed by atoms with Crippen LogP contribution in [0, 0.1) is 0 Å². The maximum atomic E-state index is 4.22. The molecule has 1 aromatic heterocycles. The molecule has 9 heavy (non-hydrogen) atoms. The predicted molar refractivity (Wildman–Crippen MR) is 45.6 cm³/mol. The highest BCUT2D eigenvalue weighted by molar-refractivity contribution is 14.1. The summed E-state index contributed by atoms with van der Waals surface area (Å²) in [4.78, 5) is 0. The molecular weight excluding hydrogens is 227 g/mol. The van der Waals surface area contributed by atoms with Crippen LogP contribution in [0.1, 0.15) is 16.5 Å². The van der Waals surface area contributed by atoms with Gasteiger partial charge in [-0.2, -0.15) is 5.10 Å². The number of hydrogen-bond acceptors (Lipinski definition) is 1. The first-order valence-electron chi connectivity index (χ1n) is 2.84. The van der Waals surface area contributed by atoms with Gasteiger partial charge >= 0.3 is 0 Å². The minimum Gasteiger partial charge on any atom is -0.276 e. The third kappa shape index (κ3) is 1.67. The van der Waals surface area contributed by atoms with Gasteiger partial charge in [0.1, 0.15) is 0 Å². The highest BCUT2D eigenvalue weighted by Gasteiger charge is 2.01. The number of rotatable bonds is 1. The SMILES string of the molecule is CC(I)c1ccn(C)n1. The summed E-state index contributed by atoms with van der Waals surface area (Å²) in [7, 11) is 1.93. The lowest BCUT2D eigenvalue weighted by Crippen LogP contribution is -1.90. The van der Waals surface area contributed by atoms with Crippen LogP contribution in [0.15, 0.2) is 12.3 Å². The second-order valence-electron chi connectivity index (χ2n) is 2.03. The summed E-state index contributed by atoms with van der Waals surface area (Å²) in [5.41, 5.74) is 1.15. The summed E-state index contributed by atoms with van der Waals surface area (Å²) in [6.45, 7) is 2.13. The molecule has 1 rings (SSSR count). The van der Waals surface area contributed by atoms with Gasteiger partial charge < -0.3 is 0 Å². The second kappa shape index (κ2) is 2.68.